The second-order valence-electron chi connectivity index (χ2n) is 4.56. The fraction of sp³-hybridized carbons (Fsp3) is 0.286. The molecule has 0 fully saturated rings. The van der Waals surface area contributed by atoms with Crippen LogP contribution in [-0.2, 0) is 9.53 Å². The average molecular weight is 402 g/mol. The first-order chi connectivity index (χ1) is 12.1. The molecule has 0 bridgehead atoms. The molecule has 3 N–H and O–H groups in total. The van der Waals surface area contributed by atoms with Crippen molar-refractivity contribution >= 4 is 51.6 Å². The van der Waals surface area contributed by atoms with Crippen LogP contribution >= 0.6 is 34.7 Å². The number of amides is 2. The van der Waals surface area contributed by atoms with E-state index in [2.05, 4.69) is 26.4 Å². The van der Waals surface area contributed by atoms with E-state index in [4.69, 9.17) is 16.3 Å². The number of ether oxygens (including phenoxy) is 1. The number of methoxy groups -OCH3 is 1. The monoisotopic (exact) mass is 401 g/mol. The quantitative estimate of drug-likeness (QED) is 0.352. The van der Waals surface area contributed by atoms with Crippen molar-refractivity contribution in [3.63, 3.8) is 0 Å². The second-order valence-corrected chi connectivity index (χ2v) is 7.17. The standard InChI is InChI=1S/C14H16ClN5O3S2/c1-23-7-6-16-13-19-20-14(25-13)24-8-11(21)17-18-12(22)9-4-2-3-5-10(9)15/h2-5H,6-8H2,1H3,(H,16,19)(H,17,21)(H,18,22). The molecule has 2 amide bonds. The molecule has 2 rings (SSSR count). The van der Waals surface area contributed by atoms with Crippen molar-refractivity contribution in [1.82, 2.24) is 21.0 Å². The number of hydrogen-bond acceptors (Lipinski definition) is 8. The van der Waals surface area contributed by atoms with Gasteiger partial charge in [-0.1, -0.05) is 46.8 Å². The minimum Gasteiger partial charge on any atom is -0.383 e. The molecule has 11 heteroatoms. The molecule has 2 aromatic rings. The summed E-state index contributed by atoms with van der Waals surface area (Å²) in [5, 5.41) is 11.9. The average Bonchev–Trinajstić information content (AvgIpc) is 3.06. The summed E-state index contributed by atoms with van der Waals surface area (Å²) >= 11 is 8.48. The third-order valence-corrected chi connectivity index (χ3v) is 5.09. The molecule has 0 aliphatic carbocycles. The number of rotatable bonds is 8. The second kappa shape index (κ2) is 10.2. The Morgan fingerprint density at radius 1 is 1.28 bits per heavy atom. The van der Waals surface area contributed by atoms with Gasteiger partial charge in [0.2, 0.25) is 11.0 Å². The van der Waals surface area contributed by atoms with Crippen molar-refractivity contribution in [2.75, 3.05) is 31.3 Å². The molecule has 1 heterocycles. The smallest absolute Gasteiger partial charge is 0.271 e. The fourth-order valence-corrected chi connectivity index (χ4v) is 3.40. The van der Waals surface area contributed by atoms with E-state index in [9.17, 15) is 9.59 Å². The summed E-state index contributed by atoms with van der Waals surface area (Å²) in [5.41, 5.74) is 4.94. The number of carbonyl (C=O) groups excluding carboxylic acids is 2. The van der Waals surface area contributed by atoms with Gasteiger partial charge in [0.25, 0.3) is 5.91 Å². The van der Waals surface area contributed by atoms with Gasteiger partial charge in [0.15, 0.2) is 4.34 Å². The first-order valence-electron chi connectivity index (χ1n) is 7.13. The van der Waals surface area contributed by atoms with E-state index in [0.717, 1.165) is 0 Å². The van der Waals surface area contributed by atoms with Crippen LogP contribution < -0.4 is 16.2 Å². The summed E-state index contributed by atoms with van der Waals surface area (Å²) < 4.78 is 5.57. The molecular weight excluding hydrogens is 386 g/mol. The van der Waals surface area contributed by atoms with Gasteiger partial charge in [0.1, 0.15) is 0 Å². The van der Waals surface area contributed by atoms with E-state index in [1.807, 2.05) is 0 Å². The molecular formula is C14H16ClN5O3S2. The molecule has 0 saturated heterocycles. The summed E-state index contributed by atoms with van der Waals surface area (Å²) in [4.78, 5) is 23.7. The maximum absolute atomic E-state index is 11.9. The van der Waals surface area contributed by atoms with E-state index >= 15 is 0 Å². The summed E-state index contributed by atoms with van der Waals surface area (Å²) in [7, 11) is 1.62. The molecule has 1 aromatic carbocycles. The summed E-state index contributed by atoms with van der Waals surface area (Å²) in [6, 6.07) is 6.57. The van der Waals surface area contributed by atoms with E-state index in [1.54, 1.807) is 31.4 Å². The van der Waals surface area contributed by atoms with Crippen LogP contribution in [-0.4, -0.2) is 48.0 Å². The summed E-state index contributed by atoms with van der Waals surface area (Å²) in [6.07, 6.45) is 0. The molecule has 0 radical (unpaired) electrons. The first-order valence-corrected chi connectivity index (χ1v) is 9.31. The number of hydrazine groups is 1. The molecule has 0 aliphatic heterocycles. The Morgan fingerprint density at radius 3 is 2.84 bits per heavy atom. The number of aromatic nitrogens is 2. The van der Waals surface area contributed by atoms with Crippen LogP contribution in [0, 0.1) is 0 Å². The number of carbonyl (C=O) groups is 2. The highest BCUT2D eigenvalue weighted by Gasteiger charge is 2.12. The number of anilines is 1. The zero-order valence-corrected chi connectivity index (χ0v) is 15.6. The number of halogens is 1. The van der Waals surface area contributed by atoms with Crippen LogP contribution in [0.25, 0.3) is 0 Å². The van der Waals surface area contributed by atoms with Crippen molar-refractivity contribution in [3.05, 3.63) is 34.9 Å². The molecule has 0 saturated carbocycles. The molecule has 0 spiro atoms. The first kappa shape index (κ1) is 19.4. The van der Waals surface area contributed by atoms with Crippen LogP contribution in [0.5, 0.6) is 0 Å². The normalized spacial score (nSPS) is 10.3. The highest BCUT2D eigenvalue weighted by atomic mass is 35.5. The SMILES string of the molecule is COCCNc1nnc(SCC(=O)NNC(=O)c2ccccc2Cl)s1. The van der Waals surface area contributed by atoms with Crippen LogP contribution in [0.4, 0.5) is 5.13 Å². The van der Waals surface area contributed by atoms with Crippen LogP contribution in [0.3, 0.4) is 0 Å². The third kappa shape index (κ3) is 6.50. The number of nitrogens with zero attached hydrogens (tertiary/aromatic N) is 2. The summed E-state index contributed by atoms with van der Waals surface area (Å²) in [5.74, 6) is -0.755. The van der Waals surface area contributed by atoms with Gasteiger partial charge in [-0.15, -0.1) is 10.2 Å². The predicted octanol–water partition coefficient (Wildman–Crippen LogP) is 1.80. The molecule has 0 unspecified atom stereocenters. The van der Waals surface area contributed by atoms with Gasteiger partial charge < -0.3 is 10.1 Å². The number of nitrogens with one attached hydrogen (secondary N) is 3. The molecule has 1 aromatic heterocycles. The molecule has 8 nitrogen and oxygen atoms in total. The van der Waals surface area contributed by atoms with Crippen LogP contribution in [0.15, 0.2) is 28.6 Å². The van der Waals surface area contributed by atoms with Crippen molar-refractivity contribution in [3.8, 4) is 0 Å². The Balaban J connectivity index is 1.72. The van der Waals surface area contributed by atoms with Gasteiger partial charge in [0.05, 0.1) is 22.9 Å². The summed E-state index contributed by atoms with van der Waals surface area (Å²) in [6.45, 7) is 1.19. The lowest BCUT2D eigenvalue weighted by atomic mass is 10.2. The van der Waals surface area contributed by atoms with Gasteiger partial charge in [-0.05, 0) is 12.1 Å². The fourth-order valence-electron chi connectivity index (χ4n) is 1.60. The zero-order valence-electron chi connectivity index (χ0n) is 13.2. The lowest BCUT2D eigenvalue weighted by molar-refractivity contribution is -0.119. The molecule has 134 valence electrons. The van der Waals surface area contributed by atoms with E-state index < -0.39 is 5.91 Å². The Bertz CT molecular complexity index is 728. The predicted molar refractivity (Wildman–Crippen MR) is 98.1 cm³/mol. The Hall–Kier alpha value is -1.88. The Kier molecular flexibility index (Phi) is 7.92. The van der Waals surface area contributed by atoms with Crippen molar-refractivity contribution in [1.29, 1.82) is 0 Å². The highest BCUT2D eigenvalue weighted by molar-refractivity contribution is 8.01. The van der Waals surface area contributed by atoms with Crippen LogP contribution in [0.1, 0.15) is 10.4 Å². The van der Waals surface area contributed by atoms with E-state index in [-0.39, 0.29) is 17.2 Å². The molecule has 0 aliphatic rings. The van der Waals surface area contributed by atoms with Crippen molar-refractivity contribution < 1.29 is 14.3 Å². The van der Waals surface area contributed by atoms with Gasteiger partial charge in [0, 0.05) is 13.7 Å². The van der Waals surface area contributed by atoms with Gasteiger partial charge in [-0.2, -0.15) is 0 Å². The third-order valence-electron chi connectivity index (χ3n) is 2.75. The molecule has 0 atom stereocenters. The topological polar surface area (TPSA) is 105 Å². The lowest BCUT2D eigenvalue weighted by Gasteiger charge is -2.07. The van der Waals surface area contributed by atoms with Gasteiger partial charge >= 0.3 is 0 Å². The lowest BCUT2D eigenvalue weighted by Crippen LogP contribution is -2.42. The largest absolute Gasteiger partial charge is 0.383 e. The minimum atomic E-state index is -0.482. The Morgan fingerprint density at radius 2 is 2.08 bits per heavy atom. The van der Waals surface area contributed by atoms with Crippen molar-refractivity contribution in [2.24, 2.45) is 0 Å². The number of benzene rings is 1. The van der Waals surface area contributed by atoms with E-state index in [0.29, 0.717) is 27.6 Å². The Labute approximate surface area is 157 Å². The highest BCUT2D eigenvalue weighted by Crippen LogP contribution is 2.24. The maximum Gasteiger partial charge on any atom is 0.271 e. The van der Waals surface area contributed by atoms with Gasteiger partial charge in [-0.25, -0.2) is 0 Å². The maximum atomic E-state index is 11.9. The number of hydrogen-bond donors (Lipinski definition) is 3. The van der Waals surface area contributed by atoms with E-state index in [1.165, 1.54) is 23.1 Å². The van der Waals surface area contributed by atoms with Crippen LogP contribution in [0.2, 0.25) is 5.02 Å². The zero-order chi connectivity index (χ0) is 18.1. The molecule has 25 heavy (non-hydrogen) atoms. The van der Waals surface area contributed by atoms with Gasteiger partial charge in [-0.3, -0.25) is 20.4 Å². The number of thioether (sulfide) groups is 1. The minimum absolute atomic E-state index is 0.0928. The van der Waals surface area contributed by atoms with Crippen molar-refractivity contribution in [2.45, 2.75) is 4.34 Å².